The molecule has 1 unspecified atom stereocenters. The first kappa shape index (κ1) is 15.2. The van der Waals surface area contributed by atoms with E-state index in [0.29, 0.717) is 0 Å². The minimum Gasteiger partial charge on any atom is -0.317 e. The summed E-state index contributed by atoms with van der Waals surface area (Å²) in [6.45, 7) is 13.5. The zero-order valence-electron chi connectivity index (χ0n) is 12.7. The van der Waals surface area contributed by atoms with Gasteiger partial charge in [0.15, 0.2) is 0 Å². The van der Waals surface area contributed by atoms with Crippen LogP contribution in [0.4, 0.5) is 0 Å². The van der Waals surface area contributed by atoms with Gasteiger partial charge in [-0.1, -0.05) is 44.5 Å². The number of hydrogen-bond donors (Lipinski definition) is 1. The minimum absolute atomic E-state index is 0.755. The Morgan fingerprint density at radius 1 is 1.17 bits per heavy atom. The van der Waals surface area contributed by atoms with Gasteiger partial charge in [-0.05, 0) is 62.7 Å². The van der Waals surface area contributed by atoms with E-state index in [0.717, 1.165) is 24.9 Å². The van der Waals surface area contributed by atoms with Gasteiger partial charge in [-0.25, -0.2) is 0 Å². The third kappa shape index (κ3) is 5.22. The van der Waals surface area contributed by atoms with E-state index in [1.807, 2.05) is 0 Å². The van der Waals surface area contributed by atoms with Gasteiger partial charge >= 0.3 is 0 Å². The molecule has 0 heterocycles. The molecule has 1 N–H and O–H groups in total. The van der Waals surface area contributed by atoms with Gasteiger partial charge in [-0.15, -0.1) is 0 Å². The molecule has 1 atom stereocenters. The highest BCUT2D eigenvalue weighted by molar-refractivity contribution is 5.30. The molecule has 0 spiro atoms. The largest absolute Gasteiger partial charge is 0.317 e. The Labute approximate surface area is 113 Å². The Hall–Kier alpha value is -0.820. The summed E-state index contributed by atoms with van der Waals surface area (Å²) in [6, 6.07) is 6.82. The first-order chi connectivity index (χ1) is 8.52. The SMILES string of the molecule is CCNCC(Cc1cc(C)ccc1C)CC(C)C. The molecule has 0 amide bonds. The van der Waals surface area contributed by atoms with Crippen LogP contribution in [-0.4, -0.2) is 13.1 Å². The van der Waals surface area contributed by atoms with E-state index >= 15 is 0 Å². The van der Waals surface area contributed by atoms with E-state index in [9.17, 15) is 0 Å². The predicted octanol–water partition coefficient (Wildman–Crippen LogP) is 4.12. The topological polar surface area (TPSA) is 12.0 Å². The lowest BCUT2D eigenvalue weighted by Crippen LogP contribution is -2.25. The van der Waals surface area contributed by atoms with Crippen LogP contribution >= 0.6 is 0 Å². The smallest absolute Gasteiger partial charge is 0.00174 e. The van der Waals surface area contributed by atoms with Crippen LogP contribution in [0.2, 0.25) is 0 Å². The molecule has 0 fully saturated rings. The van der Waals surface area contributed by atoms with Gasteiger partial charge in [0.2, 0.25) is 0 Å². The Morgan fingerprint density at radius 2 is 1.89 bits per heavy atom. The van der Waals surface area contributed by atoms with E-state index in [-0.39, 0.29) is 0 Å². The molecule has 1 heteroatoms. The minimum atomic E-state index is 0.755. The standard InChI is InChI=1S/C17H29N/c1-6-18-12-16(9-13(2)3)11-17-10-14(4)7-8-15(17)5/h7-8,10,13,16,18H,6,9,11-12H2,1-5H3. The molecule has 1 nitrogen and oxygen atoms in total. The first-order valence-electron chi connectivity index (χ1n) is 7.29. The molecular formula is C17H29N. The molecule has 1 aromatic rings. The Kier molecular flexibility index (Phi) is 6.42. The van der Waals surface area contributed by atoms with Gasteiger partial charge in [0.05, 0.1) is 0 Å². The monoisotopic (exact) mass is 247 g/mol. The second-order valence-electron chi connectivity index (χ2n) is 5.94. The van der Waals surface area contributed by atoms with E-state index in [1.54, 1.807) is 0 Å². The summed E-state index contributed by atoms with van der Waals surface area (Å²) in [5, 5.41) is 3.51. The van der Waals surface area contributed by atoms with E-state index in [2.05, 4.69) is 58.1 Å². The van der Waals surface area contributed by atoms with Crippen molar-refractivity contribution < 1.29 is 0 Å². The second-order valence-corrected chi connectivity index (χ2v) is 5.94. The van der Waals surface area contributed by atoms with Crippen LogP contribution in [0.3, 0.4) is 0 Å². The van der Waals surface area contributed by atoms with Crippen molar-refractivity contribution in [3.63, 3.8) is 0 Å². The summed E-state index contributed by atoms with van der Waals surface area (Å²) in [5.41, 5.74) is 4.34. The summed E-state index contributed by atoms with van der Waals surface area (Å²) >= 11 is 0. The van der Waals surface area contributed by atoms with Crippen molar-refractivity contribution in [2.45, 2.75) is 47.5 Å². The molecule has 0 saturated carbocycles. The number of nitrogens with one attached hydrogen (secondary N) is 1. The number of hydrogen-bond acceptors (Lipinski definition) is 1. The van der Waals surface area contributed by atoms with E-state index < -0.39 is 0 Å². The average Bonchev–Trinajstić information content (AvgIpc) is 2.30. The third-order valence-electron chi connectivity index (χ3n) is 3.50. The zero-order valence-corrected chi connectivity index (χ0v) is 12.7. The number of aryl methyl sites for hydroxylation is 2. The van der Waals surface area contributed by atoms with Crippen LogP contribution in [0, 0.1) is 25.7 Å². The Bertz CT molecular complexity index is 355. The molecule has 0 aliphatic carbocycles. The van der Waals surface area contributed by atoms with Gasteiger partial charge in [-0.2, -0.15) is 0 Å². The van der Waals surface area contributed by atoms with Crippen molar-refractivity contribution in [3.05, 3.63) is 34.9 Å². The summed E-state index contributed by atoms with van der Waals surface area (Å²) in [6.07, 6.45) is 2.51. The van der Waals surface area contributed by atoms with Crippen LogP contribution < -0.4 is 5.32 Å². The summed E-state index contributed by atoms with van der Waals surface area (Å²) in [4.78, 5) is 0. The summed E-state index contributed by atoms with van der Waals surface area (Å²) in [5.74, 6) is 1.53. The molecule has 0 saturated heterocycles. The van der Waals surface area contributed by atoms with Crippen LogP contribution in [0.25, 0.3) is 0 Å². The normalized spacial score (nSPS) is 13.0. The maximum atomic E-state index is 3.51. The van der Waals surface area contributed by atoms with Gasteiger partial charge in [0.25, 0.3) is 0 Å². The molecule has 0 aliphatic heterocycles. The van der Waals surface area contributed by atoms with Crippen LogP contribution in [0.15, 0.2) is 18.2 Å². The highest BCUT2D eigenvalue weighted by Crippen LogP contribution is 2.20. The second kappa shape index (κ2) is 7.58. The molecule has 1 aromatic carbocycles. The first-order valence-corrected chi connectivity index (χ1v) is 7.29. The fourth-order valence-corrected chi connectivity index (χ4v) is 2.59. The Balaban J connectivity index is 2.71. The molecule has 18 heavy (non-hydrogen) atoms. The zero-order chi connectivity index (χ0) is 13.5. The van der Waals surface area contributed by atoms with Crippen molar-refractivity contribution in [2.75, 3.05) is 13.1 Å². The average molecular weight is 247 g/mol. The highest BCUT2D eigenvalue weighted by Gasteiger charge is 2.12. The summed E-state index contributed by atoms with van der Waals surface area (Å²) in [7, 11) is 0. The van der Waals surface area contributed by atoms with Crippen LogP contribution in [-0.2, 0) is 6.42 Å². The number of benzene rings is 1. The highest BCUT2D eigenvalue weighted by atomic mass is 14.8. The molecule has 0 aliphatic rings. The van der Waals surface area contributed by atoms with Gasteiger partial charge in [0.1, 0.15) is 0 Å². The van der Waals surface area contributed by atoms with Crippen molar-refractivity contribution in [1.29, 1.82) is 0 Å². The van der Waals surface area contributed by atoms with E-state index in [1.165, 1.54) is 29.5 Å². The third-order valence-corrected chi connectivity index (χ3v) is 3.50. The quantitative estimate of drug-likeness (QED) is 0.764. The van der Waals surface area contributed by atoms with Gasteiger partial charge in [0, 0.05) is 0 Å². The molecule has 0 bridgehead atoms. The lowest BCUT2D eigenvalue weighted by Gasteiger charge is -2.20. The molecule has 102 valence electrons. The van der Waals surface area contributed by atoms with Crippen molar-refractivity contribution in [1.82, 2.24) is 5.32 Å². The maximum Gasteiger partial charge on any atom is -0.00174 e. The van der Waals surface area contributed by atoms with Crippen molar-refractivity contribution in [3.8, 4) is 0 Å². The van der Waals surface area contributed by atoms with Crippen molar-refractivity contribution >= 4 is 0 Å². The summed E-state index contributed by atoms with van der Waals surface area (Å²) < 4.78 is 0. The van der Waals surface area contributed by atoms with Gasteiger partial charge < -0.3 is 5.32 Å². The van der Waals surface area contributed by atoms with E-state index in [4.69, 9.17) is 0 Å². The fourth-order valence-electron chi connectivity index (χ4n) is 2.59. The Morgan fingerprint density at radius 3 is 2.50 bits per heavy atom. The fraction of sp³-hybridized carbons (Fsp3) is 0.647. The molecule has 0 radical (unpaired) electrons. The van der Waals surface area contributed by atoms with Gasteiger partial charge in [-0.3, -0.25) is 0 Å². The molecular weight excluding hydrogens is 218 g/mol. The molecule has 1 rings (SSSR count). The lowest BCUT2D eigenvalue weighted by atomic mass is 9.89. The predicted molar refractivity (Wildman–Crippen MR) is 81.1 cm³/mol. The van der Waals surface area contributed by atoms with Crippen LogP contribution in [0.1, 0.15) is 43.9 Å². The molecule has 0 aromatic heterocycles. The lowest BCUT2D eigenvalue weighted by molar-refractivity contribution is 0.388. The number of rotatable bonds is 7. The van der Waals surface area contributed by atoms with Crippen molar-refractivity contribution in [2.24, 2.45) is 11.8 Å². The maximum absolute atomic E-state index is 3.51. The van der Waals surface area contributed by atoms with Crippen LogP contribution in [0.5, 0.6) is 0 Å².